The highest BCUT2D eigenvalue weighted by atomic mass is 16.5. The van der Waals surface area contributed by atoms with Crippen LogP contribution in [0.25, 0.3) is 0 Å². The van der Waals surface area contributed by atoms with Crippen LogP contribution in [0.4, 0.5) is 0 Å². The Morgan fingerprint density at radius 2 is 2.00 bits per heavy atom. The fraction of sp³-hybridized carbons (Fsp3) is 1.00. The van der Waals surface area contributed by atoms with Gasteiger partial charge in [0.25, 0.3) is 0 Å². The van der Waals surface area contributed by atoms with E-state index in [9.17, 15) is 0 Å². The first kappa shape index (κ1) is 11.3. The third kappa shape index (κ3) is 3.41. The minimum Gasteiger partial charge on any atom is -0.381 e. The number of hydrogen-bond acceptors (Lipinski definition) is 4. The molecule has 4 nitrogen and oxygen atoms in total. The van der Waals surface area contributed by atoms with E-state index in [0.717, 1.165) is 39.1 Å². The van der Waals surface area contributed by atoms with Gasteiger partial charge < -0.3 is 19.9 Å². The largest absolute Gasteiger partial charge is 0.381 e. The van der Waals surface area contributed by atoms with Crippen molar-refractivity contribution in [2.75, 3.05) is 33.0 Å². The molecule has 0 aromatic carbocycles. The zero-order valence-corrected chi connectivity index (χ0v) is 9.19. The van der Waals surface area contributed by atoms with E-state index in [4.69, 9.17) is 19.9 Å². The van der Waals surface area contributed by atoms with E-state index in [1.165, 1.54) is 0 Å². The Kier molecular flexibility index (Phi) is 4.38. The second-order valence-corrected chi connectivity index (χ2v) is 4.46. The highest BCUT2D eigenvalue weighted by Gasteiger charge is 2.24. The molecule has 2 aliphatic heterocycles. The van der Waals surface area contributed by atoms with Crippen molar-refractivity contribution in [2.45, 2.75) is 31.5 Å². The number of nitrogens with two attached hydrogens (primary N) is 1. The number of hydrogen-bond donors (Lipinski definition) is 1. The van der Waals surface area contributed by atoms with Crippen molar-refractivity contribution < 1.29 is 14.2 Å². The van der Waals surface area contributed by atoms with E-state index in [1.807, 2.05) is 0 Å². The van der Waals surface area contributed by atoms with Crippen molar-refractivity contribution >= 4 is 0 Å². The Bertz CT molecular complexity index is 183. The van der Waals surface area contributed by atoms with Crippen molar-refractivity contribution in [1.82, 2.24) is 0 Å². The fourth-order valence-electron chi connectivity index (χ4n) is 2.16. The van der Waals surface area contributed by atoms with Crippen LogP contribution < -0.4 is 5.73 Å². The third-order valence-electron chi connectivity index (χ3n) is 3.14. The first-order valence-corrected chi connectivity index (χ1v) is 5.89. The molecule has 2 aliphatic rings. The van der Waals surface area contributed by atoms with Crippen LogP contribution in [0.2, 0.25) is 0 Å². The van der Waals surface area contributed by atoms with Crippen LogP contribution in [0.5, 0.6) is 0 Å². The van der Waals surface area contributed by atoms with Crippen LogP contribution in [-0.2, 0) is 14.2 Å². The number of ether oxygens (including phenoxy) is 3. The molecular weight excluding hydrogens is 194 g/mol. The summed E-state index contributed by atoms with van der Waals surface area (Å²) in [6.45, 7) is 3.91. The van der Waals surface area contributed by atoms with Gasteiger partial charge in [-0.15, -0.1) is 0 Å². The number of rotatable bonds is 5. The van der Waals surface area contributed by atoms with Gasteiger partial charge in [-0.2, -0.15) is 0 Å². The van der Waals surface area contributed by atoms with Gasteiger partial charge in [0.2, 0.25) is 0 Å². The van der Waals surface area contributed by atoms with Gasteiger partial charge in [0.1, 0.15) is 0 Å². The molecule has 0 radical (unpaired) electrons. The summed E-state index contributed by atoms with van der Waals surface area (Å²) in [5, 5.41) is 0. The van der Waals surface area contributed by atoms with Crippen molar-refractivity contribution in [3.05, 3.63) is 0 Å². The Morgan fingerprint density at radius 3 is 2.67 bits per heavy atom. The maximum atomic E-state index is 5.69. The van der Waals surface area contributed by atoms with E-state index in [0.29, 0.717) is 19.1 Å². The predicted molar refractivity (Wildman–Crippen MR) is 56.7 cm³/mol. The molecular formula is C11H21NO3. The van der Waals surface area contributed by atoms with Gasteiger partial charge >= 0.3 is 0 Å². The Hall–Kier alpha value is -0.160. The van der Waals surface area contributed by atoms with Crippen molar-refractivity contribution in [2.24, 2.45) is 11.7 Å². The van der Waals surface area contributed by atoms with Crippen molar-refractivity contribution in [1.29, 1.82) is 0 Å². The SMILES string of the molecule is NCC1CCC(COCC2CCOC2)O1. The van der Waals surface area contributed by atoms with Crippen LogP contribution in [0.3, 0.4) is 0 Å². The summed E-state index contributed by atoms with van der Waals surface area (Å²) in [7, 11) is 0. The normalized spacial score (nSPS) is 36.2. The molecule has 3 unspecified atom stereocenters. The molecule has 2 rings (SSSR count). The zero-order valence-electron chi connectivity index (χ0n) is 9.19. The van der Waals surface area contributed by atoms with Gasteiger partial charge in [0.15, 0.2) is 0 Å². The van der Waals surface area contributed by atoms with Crippen molar-refractivity contribution in [3.63, 3.8) is 0 Å². The van der Waals surface area contributed by atoms with Gasteiger partial charge in [-0.3, -0.25) is 0 Å². The molecule has 2 heterocycles. The summed E-state index contributed by atoms with van der Waals surface area (Å²) >= 11 is 0. The molecule has 0 bridgehead atoms. The molecule has 0 spiro atoms. The molecule has 0 aromatic rings. The maximum Gasteiger partial charge on any atom is 0.0813 e. The Balaban J connectivity index is 1.54. The molecule has 0 aromatic heterocycles. The second kappa shape index (κ2) is 5.80. The molecule has 2 N–H and O–H groups in total. The second-order valence-electron chi connectivity index (χ2n) is 4.46. The Morgan fingerprint density at radius 1 is 1.13 bits per heavy atom. The smallest absolute Gasteiger partial charge is 0.0813 e. The molecule has 0 amide bonds. The first-order valence-electron chi connectivity index (χ1n) is 5.89. The lowest BCUT2D eigenvalue weighted by Gasteiger charge is -2.14. The average molecular weight is 215 g/mol. The van der Waals surface area contributed by atoms with Gasteiger partial charge in [-0.05, 0) is 19.3 Å². The lowest BCUT2D eigenvalue weighted by molar-refractivity contribution is -0.0205. The summed E-state index contributed by atoms with van der Waals surface area (Å²) in [5.41, 5.74) is 5.54. The molecule has 0 saturated carbocycles. The summed E-state index contributed by atoms with van der Waals surface area (Å²) < 4.78 is 16.6. The first-order chi connectivity index (χ1) is 7.38. The van der Waals surface area contributed by atoms with Gasteiger partial charge in [0.05, 0.1) is 32.0 Å². The van der Waals surface area contributed by atoms with E-state index in [1.54, 1.807) is 0 Å². The topological polar surface area (TPSA) is 53.7 Å². The summed E-state index contributed by atoms with van der Waals surface area (Å²) in [6.07, 6.45) is 3.83. The predicted octanol–water partition coefficient (Wildman–Crippen LogP) is 0.546. The average Bonchev–Trinajstić information content (AvgIpc) is 2.88. The standard InChI is InChI=1S/C11H21NO3/c12-5-10-1-2-11(15-10)8-14-7-9-3-4-13-6-9/h9-11H,1-8,12H2. The highest BCUT2D eigenvalue weighted by molar-refractivity contribution is 4.74. The Labute approximate surface area is 91.1 Å². The molecule has 3 atom stereocenters. The minimum absolute atomic E-state index is 0.258. The summed E-state index contributed by atoms with van der Waals surface area (Å²) in [4.78, 5) is 0. The van der Waals surface area contributed by atoms with Crippen molar-refractivity contribution in [3.8, 4) is 0 Å². The van der Waals surface area contributed by atoms with Crippen LogP contribution in [0.1, 0.15) is 19.3 Å². The molecule has 15 heavy (non-hydrogen) atoms. The van der Waals surface area contributed by atoms with Gasteiger partial charge in [-0.1, -0.05) is 0 Å². The monoisotopic (exact) mass is 215 g/mol. The van der Waals surface area contributed by atoms with E-state index in [2.05, 4.69) is 0 Å². The molecule has 2 fully saturated rings. The quantitative estimate of drug-likeness (QED) is 0.727. The molecule has 4 heteroatoms. The maximum absolute atomic E-state index is 5.69. The zero-order chi connectivity index (χ0) is 10.5. The van der Waals surface area contributed by atoms with Gasteiger partial charge in [-0.25, -0.2) is 0 Å². The van der Waals surface area contributed by atoms with Crippen LogP contribution in [0.15, 0.2) is 0 Å². The molecule has 88 valence electrons. The third-order valence-corrected chi connectivity index (χ3v) is 3.14. The molecule has 0 aliphatic carbocycles. The van der Waals surface area contributed by atoms with E-state index in [-0.39, 0.29) is 12.2 Å². The van der Waals surface area contributed by atoms with Crippen LogP contribution in [-0.4, -0.2) is 45.2 Å². The van der Waals surface area contributed by atoms with Crippen LogP contribution >= 0.6 is 0 Å². The summed E-state index contributed by atoms with van der Waals surface area (Å²) in [5.74, 6) is 0.594. The van der Waals surface area contributed by atoms with E-state index >= 15 is 0 Å². The summed E-state index contributed by atoms with van der Waals surface area (Å²) in [6, 6.07) is 0. The van der Waals surface area contributed by atoms with E-state index < -0.39 is 0 Å². The van der Waals surface area contributed by atoms with Gasteiger partial charge in [0, 0.05) is 19.1 Å². The minimum atomic E-state index is 0.258. The lowest BCUT2D eigenvalue weighted by atomic mass is 10.1. The highest BCUT2D eigenvalue weighted by Crippen LogP contribution is 2.19. The molecule has 2 saturated heterocycles. The lowest BCUT2D eigenvalue weighted by Crippen LogP contribution is -2.23. The van der Waals surface area contributed by atoms with Crippen LogP contribution in [0, 0.1) is 5.92 Å². The fourth-order valence-corrected chi connectivity index (χ4v) is 2.16.